The highest BCUT2D eigenvalue weighted by atomic mass is 35.5. The highest BCUT2D eigenvalue weighted by Gasteiger charge is 2.32. The number of nitrogens with one attached hydrogen (secondary N) is 1. The van der Waals surface area contributed by atoms with Gasteiger partial charge < -0.3 is 10.1 Å². The van der Waals surface area contributed by atoms with Crippen LogP contribution < -0.4 is 5.32 Å². The molecule has 2 nitrogen and oxygen atoms in total. The van der Waals surface area contributed by atoms with Crippen LogP contribution in [0.15, 0.2) is 12.1 Å². The standard InChI is InChI=1S/C12H14ClF2NO/c1-17-6-11(7-2-3-7)16-12-9(13)4-8(14)5-10(12)15/h4-5,7,11,16H,2-3,6H2,1H3. The molecule has 1 aliphatic rings. The molecule has 0 bridgehead atoms. The van der Waals surface area contributed by atoms with Crippen LogP contribution in [0.25, 0.3) is 0 Å². The summed E-state index contributed by atoms with van der Waals surface area (Å²) in [6, 6.07) is 1.95. The highest BCUT2D eigenvalue weighted by Crippen LogP contribution is 2.36. The Bertz CT molecular complexity index is 386. The molecular weight excluding hydrogens is 248 g/mol. The summed E-state index contributed by atoms with van der Waals surface area (Å²) in [7, 11) is 1.60. The van der Waals surface area contributed by atoms with E-state index in [4.69, 9.17) is 16.3 Å². The predicted molar refractivity (Wildman–Crippen MR) is 63.4 cm³/mol. The van der Waals surface area contributed by atoms with E-state index in [0.717, 1.165) is 25.0 Å². The highest BCUT2D eigenvalue weighted by molar-refractivity contribution is 6.33. The van der Waals surface area contributed by atoms with Gasteiger partial charge in [-0.25, -0.2) is 8.78 Å². The summed E-state index contributed by atoms with van der Waals surface area (Å²) in [6.45, 7) is 0.484. The van der Waals surface area contributed by atoms with Crippen molar-refractivity contribution >= 4 is 17.3 Å². The van der Waals surface area contributed by atoms with Crippen LogP contribution >= 0.6 is 11.6 Å². The quantitative estimate of drug-likeness (QED) is 0.877. The zero-order valence-corrected chi connectivity index (χ0v) is 10.2. The molecule has 0 heterocycles. The fraction of sp³-hybridized carbons (Fsp3) is 0.500. The SMILES string of the molecule is COCC(Nc1c(F)cc(F)cc1Cl)C1CC1. The van der Waals surface area contributed by atoms with Gasteiger partial charge in [0.05, 0.1) is 23.4 Å². The first-order valence-corrected chi connectivity index (χ1v) is 5.89. The first-order chi connectivity index (χ1) is 8.11. The molecule has 5 heteroatoms. The second kappa shape index (κ2) is 5.19. The van der Waals surface area contributed by atoms with Crippen molar-refractivity contribution in [3.8, 4) is 0 Å². The molecule has 1 aromatic carbocycles. The van der Waals surface area contributed by atoms with Crippen molar-refractivity contribution in [1.82, 2.24) is 0 Å². The number of hydrogen-bond donors (Lipinski definition) is 1. The number of methoxy groups -OCH3 is 1. The molecule has 0 aliphatic heterocycles. The van der Waals surface area contributed by atoms with Gasteiger partial charge in [0.15, 0.2) is 5.82 Å². The fourth-order valence-corrected chi connectivity index (χ4v) is 2.09. The monoisotopic (exact) mass is 261 g/mol. The summed E-state index contributed by atoms with van der Waals surface area (Å²) in [5.74, 6) is -0.861. The van der Waals surface area contributed by atoms with Crippen LogP contribution in [-0.4, -0.2) is 19.8 Å². The van der Waals surface area contributed by atoms with Crippen molar-refractivity contribution in [3.05, 3.63) is 28.8 Å². The van der Waals surface area contributed by atoms with E-state index in [0.29, 0.717) is 12.5 Å². The van der Waals surface area contributed by atoms with E-state index >= 15 is 0 Å². The van der Waals surface area contributed by atoms with E-state index in [1.807, 2.05) is 0 Å². The lowest BCUT2D eigenvalue weighted by atomic mass is 10.2. The molecule has 0 aromatic heterocycles. The largest absolute Gasteiger partial charge is 0.383 e. The van der Waals surface area contributed by atoms with Crippen molar-refractivity contribution in [2.75, 3.05) is 19.0 Å². The van der Waals surface area contributed by atoms with E-state index < -0.39 is 11.6 Å². The van der Waals surface area contributed by atoms with Crippen molar-refractivity contribution in [3.63, 3.8) is 0 Å². The van der Waals surface area contributed by atoms with Crippen molar-refractivity contribution < 1.29 is 13.5 Å². The molecule has 0 saturated heterocycles. The third kappa shape index (κ3) is 3.07. The smallest absolute Gasteiger partial charge is 0.150 e. The molecule has 0 radical (unpaired) electrons. The van der Waals surface area contributed by atoms with E-state index in [-0.39, 0.29) is 16.8 Å². The Hall–Kier alpha value is -0.870. The molecule has 2 rings (SSSR count). The second-order valence-electron chi connectivity index (χ2n) is 4.29. The minimum atomic E-state index is -0.673. The summed E-state index contributed by atoms with van der Waals surface area (Å²) < 4.78 is 31.5. The van der Waals surface area contributed by atoms with Gasteiger partial charge in [0.2, 0.25) is 0 Å². The van der Waals surface area contributed by atoms with Gasteiger partial charge in [-0.3, -0.25) is 0 Å². The van der Waals surface area contributed by atoms with E-state index in [1.165, 1.54) is 0 Å². The van der Waals surface area contributed by atoms with Gasteiger partial charge in [-0.15, -0.1) is 0 Å². The number of anilines is 1. The molecule has 1 unspecified atom stereocenters. The molecule has 0 spiro atoms. The van der Waals surface area contributed by atoms with Gasteiger partial charge in [-0.1, -0.05) is 11.6 Å². The molecule has 1 saturated carbocycles. The minimum absolute atomic E-state index is 0.0254. The van der Waals surface area contributed by atoms with Gasteiger partial charge in [0.1, 0.15) is 5.82 Å². The van der Waals surface area contributed by atoms with Crippen LogP contribution in [0.1, 0.15) is 12.8 Å². The lowest BCUT2D eigenvalue weighted by Crippen LogP contribution is -2.27. The molecule has 0 amide bonds. The van der Waals surface area contributed by atoms with E-state index in [9.17, 15) is 8.78 Å². The Kier molecular flexibility index (Phi) is 3.84. The van der Waals surface area contributed by atoms with Crippen LogP contribution in [0.5, 0.6) is 0 Å². The van der Waals surface area contributed by atoms with Crippen molar-refractivity contribution in [2.24, 2.45) is 5.92 Å². The summed E-state index contributed by atoms with van der Waals surface area (Å²) in [5.41, 5.74) is 0.155. The maximum absolute atomic E-state index is 13.6. The summed E-state index contributed by atoms with van der Waals surface area (Å²) in [4.78, 5) is 0. The third-order valence-corrected chi connectivity index (χ3v) is 3.17. The van der Waals surface area contributed by atoms with Crippen LogP contribution in [0.3, 0.4) is 0 Å². The lowest BCUT2D eigenvalue weighted by Gasteiger charge is -2.20. The van der Waals surface area contributed by atoms with Gasteiger partial charge in [0.25, 0.3) is 0 Å². The van der Waals surface area contributed by atoms with Crippen molar-refractivity contribution in [1.29, 1.82) is 0 Å². The maximum Gasteiger partial charge on any atom is 0.150 e. The molecule has 1 aliphatic carbocycles. The fourth-order valence-electron chi connectivity index (χ4n) is 1.84. The minimum Gasteiger partial charge on any atom is -0.383 e. The van der Waals surface area contributed by atoms with Crippen LogP contribution in [0.4, 0.5) is 14.5 Å². The summed E-state index contributed by atoms with van der Waals surface area (Å²) in [5, 5.41) is 3.07. The predicted octanol–water partition coefficient (Wildman–Crippen LogP) is 3.46. The topological polar surface area (TPSA) is 21.3 Å². The first kappa shape index (κ1) is 12.6. The zero-order valence-electron chi connectivity index (χ0n) is 9.47. The first-order valence-electron chi connectivity index (χ1n) is 5.52. The number of rotatable bonds is 5. The Morgan fingerprint density at radius 3 is 2.71 bits per heavy atom. The molecule has 94 valence electrons. The average Bonchev–Trinajstić information content (AvgIpc) is 3.05. The number of halogens is 3. The average molecular weight is 262 g/mol. The van der Waals surface area contributed by atoms with Crippen LogP contribution in [-0.2, 0) is 4.74 Å². The molecule has 1 N–H and O–H groups in total. The Morgan fingerprint density at radius 2 is 2.18 bits per heavy atom. The van der Waals surface area contributed by atoms with E-state index in [1.54, 1.807) is 7.11 Å². The van der Waals surface area contributed by atoms with Gasteiger partial charge >= 0.3 is 0 Å². The number of ether oxygens (including phenoxy) is 1. The van der Waals surface area contributed by atoms with Crippen molar-refractivity contribution in [2.45, 2.75) is 18.9 Å². The van der Waals surface area contributed by atoms with Gasteiger partial charge in [-0.05, 0) is 24.8 Å². The third-order valence-electron chi connectivity index (χ3n) is 2.87. The molecule has 1 aromatic rings. The zero-order chi connectivity index (χ0) is 12.4. The van der Waals surface area contributed by atoms with E-state index in [2.05, 4.69) is 5.32 Å². The normalized spacial score (nSPS) is 16.9. The maximum atomic E-state index is 13.6. The van der Waals surface area contributed by atoms with Gasteiger partial charge in [-0.2, -0.15) is 0 Å². The molecular formula is C12H14ClF2NO. The molecule has 1 fully saturated rings. The Labute approximate surface area is 104 Å². The van der Waals surface area contributed by atoms with Gasteiger partial charge in [0, 0.05) is 13.2 Å². The Balaban J connectivity index is 2.16. The molecule has 1 atom stereocenters. The Morgan fingerprint density at radius 1 is 1.47 bits per heavy atom. The number of benzene rings is 1. The van der Waals surface area contributed by atoms with Crippen LogP contribution in [0, 0.1) is 17.6 Å². The lowest BCUT2D eigenvalue weighted by molar-refractivity contribution is 0.179. The molecule has 17 heavy (non-hydrogen) atoms. The second-order valence-corrected chi connectivity index (χ2v) is 4.70. The number of hydrogen-bond acceptors (Lipinski definition) is 2. The summed E-state index contributed by atoms with van der Waals surface area (Å²) in [6.07, 6.45) is 2.20. The summed E-state index contributed by atoms with van der Waals surface area (Å²) >= 11 is 5.82. The van der Waals surface area contributed by atoms with Crippen LogP contribution in [0.2, 0.25) is 5.02 Å².